The highest BCUT2D eigenvalue weighted by atomic mass is 16.5. The van der Waals surface area contributed by atoms with Crippen molar-refractivity contribution in [1.29, 1.82) is 0 Å². The predicted molar refractivity (Wildman–Crippen MR) is 136 cm³/mol. The van der Waals surface area contributed by atoms with Crippen LogP contribution >= 0.6 is 0 Å². The molecule has 0 amide bonds. The van der Waals surface area contributed by atoms with Crippen LogP contribution < -0.4 is 9.47 Å². The van der Waals surface area contributed by atoms with E-state index in [1.165, 1.54) is 64.7 Å². The first-order valence-corrected chi connectivity index (χ1v) is 12.5. The van der Waals surface area contributed by atoms with Crippen LogP contribution in [0, 0.1) is 0 Å². The van der Waals surface area contributed by atoms with Gasteiger partial charge in [-0.2, -0.15) is 0 Å². The second kappa shape index (κ2) is 15.7. The van der Waals surface area contributed by atoms with Crippen molar-refractivity contribution in [2.24, 2.45) is 0 Å². The summed E-state index contributed by atoms with van der Waals surface area (Å²) in [5.74, 6) is -0.272. The first-order chi connectivity index (χ1) is 16.5. The molecule has 0 radical (unpaired) electrons. The van der Waals surface area contributed by atoms with Gasteiger partial charge in [-0.15, -0.1) is 0 Å². The van der Waals surface area contributed by atoms with Crippen LogP contribution in [0.4, 0.5) is 0 Å². The Bertz CT molecular complexity index is 897. The van der Waals surface area contributed by atoms with Gasteiger partial charge in [0.2, 0.25) is 0 Å². The van der Waals surface area contributed by atoms with Gasteiger partial charge in [-0.3, -0.25) is 0 Å². The van der Waals surface area contributed by atoms with Gasteiger partial charge in [0.05, 0.1) is 12.2 Å². The third kappa shape index (κ3) is 10.7. The summed E-state index contributed by atoms with van der Waals surface area (Å²) < 4.78 is 11.2. The van der Waals surface area contributed by atoms with E-state index in [2.05, 4.69) is 6.92 Å². The van der Waals surface area contributed by atoms with Gasteiger partial charge in [0.25, 0.3) is 0 Å². The Labute approximate surface area is 203 Å². The number of benzene rings is 2. The molecule has 0 bridgehead atoms. The van der Waals surface area contributed by atoms with Crippen LogP contribution in [-0.2, 0) is 4.79 Å². The molecule has 0 aliphatic rings. The van der Waals surface area contributed by atoms with E-state index in [0.717, 1.165) is 17.7 Å². The number of carbonyl (C=O) groups excluding carboxylic acids is 1. The zero-order chi connectivity index (χ0) is 24.6. The van der Waals surface area contributed by atoms with Crippen molar-refractivity contribution in [2.75, 3.05) is 6.61 Å². The first kappa shape index (κ1) is 27.2. The fourth-order valence-electron chi connectivity index (χ4n) is 3.58. The maximum Gasteiger partial charge on any atom is 0.343 e. The van der Waals surface area contributed by atoms with Gasteiger partial charge in [0, 0.05) is 5.57 Å². The summed E-state index contributed by atoms with van der Waals surface area (Å²) in [6.07, 6.45) is 14.5. The van der Waals surface area contributed by atoms with Gasteiger partial charge in [0.1, 0.15) is 11.5 Å². The first-order valence-electron chi connectivity index (χ1n) is 12.5. The van der Waals surface area contributed by atoms with Crippen molar-refractivity contribution in [2.45, 2.75) is 78.1 Å². The van der Waals surface area contributed by atoms with Crippen LogP contribution in [0.2, 0.25) is 0 Å². The second-order valence-corrected chi connectivity index (χ2v) is 8.65. The molecular weight excluding hydrogens is 428 g/mol. The van der Waals surface area contributed by atoms with Gasteiger partial charge >= 0.3 is 11.9 Å². The predicted octanol–water partition coefficient (Wildman–Crippen LogP) is 7.69. The molecule has 0 spiro atoms. The number of hydrogen-bond acceptors (Lipinski definition) is 4. The van der Waals surface area contributed by atoms with Gasteiger partial charge in [-0.1, -0.05) is 76.8 Å². The van der Waals surface area contributed by atoms with Crippen molar-refractivity contribution in [3.8, 4) is 11.5 Å². The van der Waals surface area contributed by atoms with Crippen molar-refractivity contribution in [3.63, 3.8) is 0 Å². The number of hydrogen-bond donors (Lipinski definition) is 1. The molecule has 2 rings (SSSR count). The standard InChI is InChI=1S/C29H38O5/c1-3-4-5-6-7-8-9-10-11-12-21-33-26-19-15-25(16-20-26)29(32)34-27-17-13-24(14-18-27)22-23(2)28(30)31/h13-20,22H,3-12,21H2,1-2H3,(H,30,31). The average molecular weight is 467 g/mol. The summed E-state index contributed by atoms with van der Waals surface area (Å²) in [7, 11) is 0. The van der Waals surface area contributed by atoms with Crippen LogP contribution in [-0.4, -0.2) is 23.7 Å². The average Bonchev–Trinajstić information content (AvgIpc) is 2.84. The highest BCUT2D eigenvalue weighted by Gasteiger charge is 2.09. The third-order valence-electron chi connectivity index (χ3n) is 5.67. The SMILES string of the molecule is CCCCCCCCCCCCOc1ccc(C(=O)Oc2ccc(C=C(C)C(=O)O)cc2)cc1. The molecule has 0 saturated heterocycles. The van der Waals surface area contributed by atoms with Crippen LogP contribution in [0.15, 0.2) is 54.1 Å². The molecule has 5 heteroatoms. The summed E-state index contributed by atoms with van der Waals surface area (Å²) in [6.45, 7) is 4.46. The summed E-state index contributed by atoms with van der Waals surface area (Å²) >= 11 is 0. The van der Waals surface area contributed by atoms with E-state index < -0.39 is 11.9 Å². The largest absolute Gasteiger partial charge is 0.494 e. The number of esters is 1. The maximum atomic E-state index is 12.4. The molecule has 2 aromatic rings. The summed E-state index contributed by atoms with van der Waals surface area (Å²) in [4.78, 5) is 23.3. The summed E-state index contributed by atoms with van der Waals surface area (Å²) in [6, 6.07) is 13.7. The molecule has 34 heavy (non-hydrogen) atoms. The van der Waals surface area contributed by atoms with E-state index in [-0.39, 0.29) is 5.57 Å². The molecule has 184 valence electrons. The normalized spacial score (nSPS) is 11.3. The molecule has 0 heterocycles. The van der Waals surface area contributed by atoms with Crippen molar-refractivity contribution < 1.29 is 24.2 Å². The number of ether oxygens (including phenoxy) is 2. The van der Waals surface area contributed by atoms with Crippen LogP contribution in [0.3, 0.4) is 0 Å². The molecular formula is C29H38O5. The Hall–Kier alpha value is -3.08. The Balaban J connectivity index is 1.65. The minimum absolute atomic E-state index is 0.236. The zero-order valence-electron chi connectivity index (χ0n) is 20.6. The fourth-order valence-corrected chi connectivity index (χ4v) is 3.58. The number of rotatable bonds is 16. The second-order valence-electron chi connectivity index (χ2n) is 8.65. The lowest BCUT2D eigenvalue weighted by Crippen LogP contribution is -2.08. The molecule has 0 fully saturated rings. The monoisotopic (exact) mass is 466 g/mol. The fraction of sp³-hybridized carbons (Fsp3) is 0.448. The van der Waals surface area contributed by atoms with E-state index in [1.807, 2.05) is 0 Å². The Morgan fingerprint density at radius 2 is 1.29 bits per heavy atom. The number of carbonyl (C=O) groups is 2. The van der Waals surface area contributed by atoms with E-state index in [0.29, 0.717) is 17.9 Å². The molecule has 0 aromatic heterocycles. The minimum atomic E-state index is -0.966. The molecule has 0 saturated carbocycles. The van der Waals surface area contributed by atoms with Crippen LogP contribution in [0.25, 0.3) is 6.08 Å². The Morgan fingerprint density at radius 3 is 1.85 bits per heavy atom. The lowest BCUT2D eigenvalue weighted by molar-refractivity contribution is -0.132. The van der Waals surface area contributed by atoms with E-state index >= 15 is 0 Å². The number of carboxylic acid groups (broad SMARTS) is 1. The molecule has 1 N–H and O–H groups in total. The Kier molecular flexibility index (Phi) is 12.5. The zero-order valence-corrected chi connectivity index (χ0v) is 20.6. The lowest BCUT2D eigenvalue weighted by Gasteiger charge is -2.08. The van der Waals surface area contributed by atoms with Crippen molar-refractivity contribution in [3.05, 3.63) is 65.2 Å². The van der Waals surface area contributed by atoms with Gasteiger partial charge in [-0.05, 0) is 61.4 Å². The molecule has 0 aliphatic carbocycles. The maximum absolute atomic E-state index is 12.4. The van der Waals surface area contributed by atoms with E-state index in [4.69, 9.17) is 14.6 Å². The molecule has 0 aliphatic heterocycles. The van der Waals surface area contributed by atoms with Crippen LogP contribution in [0.5, 0.6) is 11.5 Å². The van der Waals surface area contributed by atoms with Gasteiger partial charge in [0.15, 0.2) is 0 Å². The molecule has 2 aromatic carbocycles. The number of aliphatic carboxylic acids is 1. The molecule has 5 nitrogen and oxygen atoms in total. The molecule has 0 atom stereocenters. The van der Waals surface area contributed by atoms with Crippen LogP contribution in [0.1, 0.15) is 94.0 Å². The van der Waals surface area contributed by atoms with Gasteiger partial charge in [-0.25, -0.2) is 9.59 Å². The highest BCUT2D eigenvalue weighted by molar-refractivity contribution is 5.92. The Morgan fingerprint density at radius 1 is 0.765 bits per heavy atom. The minimum Gasteiger partial charge on any atom is -0.494 e. The quantitative estimate of drug-likeness (QED) is 0.119. The summed E-state index contributed by atoms with van der Waals surface area (Å²) in [5.41, 5.74) is 1.40. The number of unbranched alkanes of at least 4 members (excludes halogenated alkanes) is 9. The highest BCUT2D eigenvalue weighted by Crippen LogP contribution is 2.18. The van der Waals surface area contributed by atoms with Crippen molar-refractivity contribution in [1.82, 2.24) is 0 Å². The van der Waals surface area contributed by atoms with Crippen molar-refractivity contribution >= 4 is 18.0 Å². The van der Waals surface area contributed by atoms with E-state index in [9.17, 15) is 9.59 Å². The third-order valence-corrected chi connectivity index (χ3v) is 5.67. The molecule has 0 unspecified atom stereocenters. The van der Waals surface area contributed by atoms with Gasteiger partial charge < -0.3 is 14.6 Å². The number of carboxylic acids is 1. The lowest BCUT2D eigenvalue weighted by atomic mass is 10.1. The topological polar surface area (TPSA) is 72.8 Å². The van der Waals surface area contributed by atoms with E-state index in [1.54, 1.807) is 54.6 Å². The summed E-state index contributed by atoms with van der Waals surface area (Å²) in [5, 5.41) is 8.94. The smallest absolute Gasteiger partial charge is 0.343 e.